The van der Waals surface area contributed by atoms with E-state index in [1.807, 2.05) is 18.2 Å². The summed E-state index contributed by atoms with van der Waals surface area (Å²) < 4.78 is 6.70. The highest BCUT2D eigenvalue weighted by atomic mass is 16.5. The van der Waals surface area contributed by atoms with E-state index < -0.39 is 0 Å². The van der Waals surface area contributed by atoms with Gasteiger partial charge in [-0.15, -0.1) is 0 Å². The van der Waals surface area contributed by atoms with E-state index in [0.717, 1.165) is 16.9 Å². The minimum absolute atomic E-state index is 0.0833. The van der Waals surface area contributed by atoms with Gasteiger partial charge in [0.2, 0.25) is 5.91 Å². The second kappa shape index (κ2) is 7.03. The minimum atomic E-state index is -0.383. The van der Waals surface area contributed by atoms with E-state index in [2.05, 4.69) is 21.7 Å². The highest BCUT2D eigenvalue weighted by molar-refractivity contribution is 5.94. The fraction of sp³-hybridized carbons (Fsp3) is 0.500. The maximum Gasteiger partial charge on any atom is 0.306 e. The number of carbonyl (C=O) groups excluding carboxylic acids is 2. The van der Waals surface area contributed by atoms with Crippen molar-refractivity contribution >= 4 is 28.6 Å². The van der Waals surface area contributed by atoms with E-state index in [1.165, 1.54) is 32.8 Å². The molecule has 24 heavy (non-hydrogen) atoms. The zero-order chi connectivity index (χ0) is 17.1. The molecule has 1 N–H and O–H groups in total. The molecular weight excluding hydrogens is 306 g/mol. The molecule has 1 aliphatic carbocycles. The Morgan fingerprint density at radius 3 is 2.75 bits per heavy atom. The number of imidazole rings is 1. The van der Waals surface area contributed by atoms with Crippen molar-refractivity contribution < 1.29 is 14.3 Å². The lowest BCUT2D eigenvalue weighted by molar-refractivity contribution is -0.141. The highest BCUT2D eigenvalue weighted by Crippen LogP contribution is 2.35. The molecule has 1 saturated carbocycles. The van der Waals surface area contributed by atoms with Crippen LogP contribution in [0.2, 0.25) is 0 Å². The molecule has 0 bridgehead atoms. The first-order valence-electron chi connectivity index (χ1n) is 8.41. The molecule has 6 nitrogen and oxygen atoms in total. The van der Waals surface area contributed by atoms with Crippen LogP contribution in [-0.4, -0.2) is 28.5 Å². The predicted octanol–water partition coefficient (Wildman–Crippen LogP) is 3.12. The predicted molar refractivity (Wildman–Crippen MR) is 91.8 cm³/mol. The number of amides is 1. The summed E-state index contributed by atoms with van der Waals surface area (Å²) in [5.74, 6) is 1.09. The molecule has 1 aromatic heterocycles. The van der Waals surface area contributed by atoms with Crippen LogP contribution >= 0.6 is 0 Å². The molecule has 0 unspecified atom stereocenters. The first kappa shape index (κ1) is 16.5. The minimum Gasteiger partial charge on any atom is -0.469 e. The zero-order valence-electron chi connectivity index (χ0n) is 14.2. The average Bonchev–Trinajstić information content (AvgIpc) is 3.20. The van der Waals surface area contributed by atoms with Crippen molar-refractivity contribution in [3.8, 4) is 0 Å². The number of hydrogen-bond acceptors (Lipinski definition) is 4. The molecule has 1 aliphatic rings. The fourth-order valence-corrected chi connectivity index (χ4v) is 3.39. The molecule has 128 valence electrons. The SMILES string of the molecule is COC(=O)CCC(=O)Nc1ccc2c(c1)nc(C1CCCC1)n2C. The van der Waals surface area contributed by atoms with Crippen LogP contribution in [0, 0.1) is 0 Å². The van der Waals surface area contributed by atoms with Crippen LogP contribution in [0.5, 0.6) is 0 Å². The number of benzene rings is 1. The Morgan fingerprint density at radius 2 is 2.04 bits per heavy atom. The molecule has 6 heteroatoms. The standard InChI is InChI=1S/C18H23N3O3/c1-21-15-8-7-13(19-16(22)9-10-17(23)24-2)11-14(15)20-18(21)12-5-3-4-6-12/h7-8,11-12H,3-6,9-10H2,1-2H3,(H,19,22). The van der Waals surface area contributed by atoms with Gasteiger partial charge in [0.05, 0.1) is 24.6 Å². The number of hydrogen-bond donors (Lipinski definition) is 1. The van der Waals surface area contributed by atoms with E-state index in [9.17, 15) is 9.59 Å². The Balaban J connectivity index is 1.73. The zero-order valence-corrected chi connectivity index (χ0v) is 14.2. The third-order valence-electron chi connectivity index (χ3n) is 4.70. The fourth-order valence-electron chi connectivity index (χ4n) is 3.39. The summed E-state index contributed by atoms with van der Waals surface area (Å²) in [4.78, 5) is 27.8. The van der Waals surface area contributed by atoms with E-state index in [1.54, 1.807) is 0 Å². The summed E-state index contributed by atoms with van der Waals surface area (Å²) >= 11 is 0. The van der Waals surface area contributed by atoms with Crippen LogP contribution in [0.25, 0.3) is 11.0 Å². The summed E-state index contributed by atoms with van der Waals surface area (Å²) in [5.41, 5.74) is 2.67. The van der Waals surface area contributed by atoms with Gasteiger partial charge in [0.15, 0.2) is 0 Å². The number of fused-ring (bicyclic) bond motifs is 1. The summed E-state index contributed by atoms with van der Waals surface area (Å²) in [6, 6.07) is 5.75. The number of esters is 1. The quantitative estimate of drug-likeness (QED) is 0.855. The van der Waals surface area contributed by atoms with Crippen molar-refractivity contribution in [3.63, 3.8) is 0 Å². The number of nitrogens with one attached hydrogen (secondary N) is 1. The molecule has 0 saturated heterocycles. The number of rotatable bonds is 5. The Kier molecular flexibility index (Phi) is 4.83. The Hall–Kier alpha value is -2.37. The average molecular weight is 329 g/mol. The topological polar surface area (TPSA) is 73.2 Å². The van der Waals surface area contributed by atoms with E-state index in [4.69, 9.17) is 4.98 Å². The number of carbonyl (C=O) groups is 2. The number of nitrogens with zero attached hydrogens (tertiary/aromatic N) is 2. The Morgan fingerprint density at radius 1 is 1.29 bits per heavy atom. The van der Waals surface area contributed by atoms with Crippen molar-refractivity contribution in [2.75, 3.05) is 12.4 Å². The number of aromatic nitrogens is 2. The first-order chi connectivity index (χ1) is 11.6. The second-order valence-corrected chi connectivity index (χ2v) is 6.34. The van der Waals surface area contributed by atoms with Gasteiger partial charge in [-0.05, 0) is 31.0 Å². The summed E-state index contributed by atoms with van der Waals surface area (Å²) in [6.45, 7) is 0. The number of methoxy groups -OCH3 is 1. The number of anilines is 1. The summed E-state index contributed by atoms with van der Waals surface area (Å²) in [6.07, 6.45) is 5.15. The molecule has 0 spiro atoms. The van der Waals surface area contributed by atoms with Gasteiger partial charge in [0, 0.05) is 25.1 Å². The monoisotopic (exact) mass is 329 g/mol. The van der Waals surface area contributed by atoms with Gasteiger partial charge in [0.25, 0.3) is 0 Å². The van der Waals surface area contributed by atoms with Gasteiger partial charge in [-0.25, -0.2) is 4.98 Å². The number of ether oxygens (including phenoxy) is 1. The molecule has 1 amide bonds. The van der Waals surface area contributed by atoms with Crippen molar-refractivity contribution in [2.45, 2.75) is 44.4 Å². The van der Waals surface area contributed by atoms with Gasteiger partial charge in [-0.1, -0.05) is 12.8 Å². The third kappa shape index (κ3) is 3.42. The second-order valence-electron chi connectivity index (χ2n) is 6.34. The smallest absolute Gasteiger partial charge is 0.306 e. The summed E-state index contributed by atoms with van der Waals surface area (Å²) in [7, 11) is 3.37. The largest absolute Gasteiger partial charge is 0.469 e. The van der Waals surface area contributed by atoms with Gasteiger partial charge in [-0.3, -0.25) is 9.59 Å². The molecule has 1 heterocycles. The Bertz CT molecular complexity index is 760. The van der Waals surface area contributed by atoms with Crippen molar-refractivity contribution in [3.05, 3.63) is 24.0 Å². The lowest BCUT2D eigenvalue weighted by Crippen LogP contribution is -2.13. The molecular formula is C18H23N3O3. The highest BCUT2D eigenvalue weighted by Gasteiger charge is 2.22. The lowest BCUT2D eigenvalue weighted by atomic mass is 10.1. The normalized spacial score (nSPS) is 14.9. The molecule has 1 aromatic carbocycles. The van der Waals surface area contributed by atoms with Crippen LogP contribution < -0.4 is 5.32 Å². The molecule has 1 fully saturated rings. The van der Waals surface area contributed by atoms with Crippen LogP contribution in [0.1, 0.15) is 50.3 Å². The van der Waals surface area contributed by atoms with Gasteiger partial charge < -0.3 is 14.6 Å². The van der Waals surface area contributed by atoms with Crippen molar-refractivity contribution in [1.29, 1.82) is 0 Å². The van der Waals surface area contributed by atoms with Crippen LogP contribution in [0.15, 0.2) is 18.2 Å². The van der Waals surface area contributed by atoms with E-state index >= 15 is 0 Å². The van der Waals surface area contributed by atoms with Crippen LogP contribution in [0.4, 0.5) is 5.69 Å². The maximum absolute atomic E-state index is 11.9. The number of aryl methyl sites for hydroxylation is 1. The van der Waals surface area contributed by atoms with E-state index in [0.29, 0.717) is 11.6 Å². The van der Waals surface area contributed by atoms with Crippen LogP contribution in [0.3, 0.4) is 0 Å². The van der Waals surface area contributed by atoms with Crippen molar-refractivity contribution in [2.24, 2.45) is 7.05 Å². The Labute approximate surface area is 141 Å². The third-order valence-corrected chi connectivity index (χ3v) is 4.70. The molecule has 0 atom stereocenters. The van der Waals surface area contributed by atoms with Crippen molar-refractivity contribution in [1.82, 2.24) is 9.55 Å². The molecule has 0 radical (unpaired) electrons. The molecule has 3 rings (SSSR count). The first-order valence-corrected chi connectivity index (χ1v) is 8.41. The van der Waals surface area contributed by atoms with Gasteiger partial charge in [0.1, 0.15) is 5.82 Å². The summed E-state index contributed by atoms with van der Waals surface area (Å²) in [5, 5.41) is 2.82. The van der Waals surface area contributed by atoms with Gasteiger partial charge >= 0.3 is 5.97 Å². The lowest BCUT2D eigenvalue weighted by Gasteiger charge is -2.08. The molecule has 2 aromatic rings. The van der Waals surface area contributed by atoms with Crippen LogP contribution in [-0.2, 0) is 21.4 Å². The molecule has 0 aliphatic heterocycles. The van der Waals surface area contributed by atoms with E-state index in [-0.39, 0.29) is 24.7 Å². The maximum atomic E-state index is 11.9. The van der Waals surface area contributed by atoms with Gasteiger partial charge in [-0.2, -0.15) is 0 Å².